The van der Waals surface area contributed by atoms with Gasteiger partial charge in [0.1, 0.15) is 0 Å². The van der Waals surface area contributed by atoms with Gasteiger partial charge in [0, 0.05) is 10.9 Å². The number of carbonyl (C=O) groups excluding carboxylic acids is 1. The molecular formula is C19H18Br2N2O5. The van der Waals surface area contributed by atoms with Crippen LogP contribution in [0.1, 0.15) is 18.4 Å². The highest BCUT2D eigenvalue weighted by Gasteiger charge is 2.13. The lowest BCUT2D eigenvalue weighted by Gasteiger charge is -2.12. The van der Waals surface area contributed by atoms with Crippen molar-refractivity contribution in [2.75, 3.05) is 13.7 Å². The van der Waals surface area contributed by atoms with Crippen molar-refractivity contribution in [3.63, 3.8) is 0 Å². The number of carboxylic acid groups (broad SMARTS) is 1. The molecule has 7 nitrogen and oxygen atoms in total. The smallest absolute Gasteiger partial charge is 0.303 e. The molecule has 2 aromatic carbocycles. The Bertz CT molecular complexity index is 872. The first kappa shape index (κ1) is 21.9. The predicted octanol–water partition coefficient (Wildman–Crippen LogP) is 3.98. The first-order valence-electron chi connectivity index (χ1n) is 8.19. The molecule has 0 heterocycles. The van der Waals surface area contributed by atoms with Crippen molar-refractivity contribution in [3.05, 3.63) is 57.0 Å². The number of amides is 1. The van der Waals surface area contributed by atoms with Gasteiger partial charge in [-0.3, -0.25) is 9.59 Å². The highest BCUT2D eigenvalue weighted by atomic mass is 79.9. The fourth-order valence-corrected chi connectivity index (χ4v) is 3.55. The zero-order chi connectivity index (χ0) is 20.5. The predicted molar refractivity (Wildman–Crippen MR) is 112 cm³/mol. The lowest BCUT2D eigenvalue weighted by Crippen LogP contribution is -2.26. The minimum atomic E-state index is -0.939. The van der Waals surface area contributed by atoms with Gasteiger partial charge >= 0.3 is 5.97 Å². The standard InChI is InChI=1S/C19H18Br2N2O5/c1-27-16-10-13(20)9-14(21)19(16)28-11-17(24)23-22-15(7-8-18(25)26)12-5-3-2-4-6-12/h2-6,9-10H,7-8,11H2,1H3,(H,23,24)(H,25,26)/b22-15+. The van der Waals surface area contributed by atoms with Gasteiger partial charge in [0.2, 0.25) is 0 Å². The van der Waals surface area contributed by atoms with Gasteiger partial charge in [-0.1, -0.05) is 46.3 Å². The molecule has 0 radical (unpaired) electrons. The van der Waals surface area contributed by atoms with Crippen molar-refractivity contribution in [3.8, 4) is 11.5 Å². The maximum Gasteiger partial charge on any atom is 0.303 e. The molecule has 2 aromatic rings. The summed E-state index contributed by atoms with van der Waals surface area (Å²) in [6.07, 6.45) is 0.0930. The van der Waals surface area contributed by atoms with E-state index in [2.05, 4.69) is 42.4 Å². The number of hydrazone groups is 1. The Kier molecular flexibility index (Phi) is 8.46. The fraction of sp³-hybridized carbons (Fsp3) is 0.211. The molecule has 148 valence electrons. The summed E-state index contributed by atoms with van der Waals surface area (Å²) in [5.74, 6) is -0.575. The Morgan fingerprint density at radius 3 is 2.50 bits per heavy atom. The highest BCUT2D eigenvalue weighted by molar-refractivity contribution is 9.11. The third-order valence-corrected chi connectivity index (χ3v) is 4.59. The average Bonchev–Trinajstić information content (AvgIpc) is 2.67. The van der Waals surface area contributed by atoms with E-state index in [1.807, 2.05) is 18.2 Å². The van der Waals surface area contributed by atoms with E-state index in [9.17, 15) is 9.59 Å². The van der Waals surface area contributed by atoms with Gasteiger partial charge in [0.05, 0.1) is 23.7 Å². The number of benzene rings is 2. The summed E-state index contributed by atoms with van der Waals surface area (Å²) in [4.78, 5) is 23.0. The summed E-state index contributed by atoms with van der Waals surface area (Å²) in [6, 6.07) is 12.6. The van der Waals surface area contributed by atoms with Crippen molar-refractivity contribution in [2.24, 2.45) is 5.10 Å². The molecule has 0 aliphatic heterocycles. The average molecular weight is 514 g/mol. The molecule has 0 fully saturated rings. The van der Waals surface area contributed by atoms with Crippen molar-refractivity contribution in [1.29, 1.82) is 0 Å². The molecular weight excluding hydrogens is 496 g/mol. The third kappa shape index (κ3) is 6.65. The Morgan fingerprint density at radius 2 is 1.86 bits per heavy atom. The van der Waals surface area contributed by atoms with E-state index < -0.39 is 11.9 Å². The molecule has 0 atom stereocenters. The molecule has 0 spiro atoms. The number of halogens is 2. The minimum absolute atomic E-state index is 0.0941. The number of rotatable bonds is 9. The number of aliphatic carboxylic acids is 1. The second kappa shape index (κ2) is 10.8. The van der Waals surface area contributed by atoms with Crippen LogP contribution in [0.3, 0.4) is 0 Å². The number of hydrogen-bond donors (Lipinski definition) is 2. The molecule has 0 aliphatic rings. The largest absolute Gasteiger partial charge is 0.493 e. The minimum Gasteiger partial charge on any atom is -0.493 e. The molecule has 0 aliphatic carbocycles. The topological polar surface area (TPSA) is 97.2 Å². The monoisotopic (exact) mass is 512 g/mol. The highest BCUT2D eigenvalue weighted by Crippen LogP contribution is 2.38. The molecule has 2 rings (SSSR count). The Labute approximate surface area is 179 Å². The van der Waals surface area contributed by atoms with Gasteiger partial charge < -0.3 is 14.6 Å². The number of ether oxygens (including phenoxy) is 2. The van der Waals surface area contributed by atoms with Crippen LogP contribution in [0.2, 0.25) is 0 Å². The van der Waals surface area contributed by atoms with Crippen LogP contribution < -0.4 is 14.9 Å². The van der Waals surface area contributed by atoms with Crippen molar-refractivity contribution < 1.29 is 24.2 Å². The maximum atomic E-state index is 12.1. The third-order valence-electron chi connectivity index (χ3n) is 3.54. The molecule has 0 unspecified atom stereocenters. The van der Waals surface area contributed by atoms with Crippen molar-refractivity contribution >= 4 is 49.4 Å². The molecule has 9 heteroatoms. The Hall–Kier alpha value is -2.39. The summed E-state index contributed by atoms with van der Waals surface area (Å²) in [6.45, 7) is -0.291. The number of carboxylic acids is 1. The molecule has 0 aromatic heterocycles. The van der Waals surface area contributed by atoms with E-state index in [0.717, 1.165) is 10.0 Å². The zero-order valence-electron chi connectivity index (χ0n) is 14.9. The zero-order valence-corrected chi connectivity index (χ0v) is 18.1. The molecule has 0 bridgehead atoms. The Balaban J connectivity index is 2.05. The van der Waals surface area contributed by atoms with Crippen LogP contribution in [0.4, 0.5) is 0 Å². The molecule has 0 saturated carbocycles. The van der Waals surface area contributed by atoms with Gasteiger partial charge in [-0.25, -0.2) is 5.43 Å². The number of nitrogens with one attached hydrogen (secondary N) is 1. The maximum absolute atomic E-state index is 12.1. The number of nitrogens with zero attached hydrogens (tertiary/aromatic N) is 1. The lowest BCUT2D eigenvalue weighted by molar-refractivity contribution is -0.136. The van der Waals surface area contributed by atoms with Gasteiger partial charge in [-0.15, -0.1) is 0 Å². The van der Waals surface area contributed by atoms with Crippen molar-refractivity contribution in [2.45, 2.75) is 12.8 Å². The summed E-state index contributed by atoms with van der Waals surface area (Å²) in [7, 11) is 1.50. The van der Waals surface area contributed by atoms with Crippen LogP contribution in [0.15, 0.2) is 56.5 Å². The number of carbonyl (C=O) groups is 2. The first-order valence-corrected chi connectivity index (χ1v) is 9.77. The van der Waals surface area contributed by atoms with Crippen LogP contribution in [0.25, 0.3) is 0 Å². The van der Waals surface area contributed by atoms with E-state index in [1.165, 1.54) is 7.11 Å². The summed E-state index contributed by atoms with van der Waals surface area (Å²) < 4.78 is 12.2. The normalized spacial score (nSPS) is 11.0. The van der Waals surface area contributed by atoms with Gasteiger partial charge in [0.25, 0.3) is 5.91 Å². The Morgan fingerprint density at radius 1 is 1.14 bits per heavy atom. The quantitative estimate of drug-likeness (QED) is 0.390. The SMILES string of the molecule is COc1cc(Br)cc(Br)c1OCC(=O)N/N=C(\CCC(=O)O)c1ccccc1. The van der Waals surface area contributed by atoms with E-state index in [4.69, 9.17) is 14.6 Å². The molecule has 2 N–H and O–H groups in total. The van der Waals surface area contributed by atoms with E-state index in [0.29, 0.717) is 21.7 Å². The summed E-state index contributed by atoms with van der Waals surface area (Å²) >= 11 is 6.72. The second-order valence-corrected chi connectivity index (χ2v) is 7.33. The first-order chi connectivity index (χ1) is 13.4. The van der Waals surface area contributed by atoms with Crippen LogP contribution in [-0.4, -0.2) is 36.4 Å². The van der Waals surface area contributed by atoms with Crippen LogP contribution in [-0.2, 0) is 9.59 Å². The number of hydrogen-bond acceptors (Lipinski definition) is 5. The summed E-state index contributed by atoms with van der Waals surface area (Å²) in [5, 5.41) is 13.0. The van der Waals surface area contributed by atoms with Crippen molar-refractivity contribution in [1.82, 2.24) is 5.43 Å². The van der Waals surface area contributed by atoms with Gasteiger partial charge in [0.15, 0.2) is 18.1 Å². The van der Waals surface area contributed by atoms with Gasteiger partial charge in [-0.2, -0.15) is 5.10 Å². The van der Waals surface area contributed by atoms with Gasteiger partial charge in [-0.05, 0) is 33.6 Å². The van der Waals surface area contributed by atoms with Crippen LogP contribution in [0.5, 0.6) is 11.5 Å². The van der Waals surface area contributed by atoms with E-state index in [1.54, 1.807) is 24.3 Å². The number of methoxy groups -OCH3 is 1. The summed E-state index contributed by atoms with van der Waals surface area (Å²) in [5.41, 5.74) is 3.62. The van der Waals surface area contributed by atoms with E-state index >= 15 is 0 Å². The van der Waals surface area contributed by atoms with E-state index in [-0.39, 0.29) is 19.4 Å². The second-order valence-electron chi connectivity index (χ2n) is 5.56. The molecule has 0 saturated heterocycles. The fourth-order valence-electron chi connectivity index (χ4n) is 2.25. The lowest BCUT2D eigenvalue weighted by atomic mass is 10.1. The molecule has 1 amide bonds. The van der Waals surface area contributed by atoms with Crippen LogP contribution >= 0.6 is 31.9 Å². The van der Waals surface area contributed by atoms with Crippen LogP contribution in [0, 0.1) is 0 Å². The molecule has 28 heavy (non-hydrogen) atoms.